The van der Waals surface area contributed by atoms with Gasteiger partial charge in [0, 0.05) is 12.6 Å². The van der Waals surface area contributed by atoms with Crippen LogP contribution >= 0.6 is 0 Å². The van der Waals surface area contributed by atoms with Gasteiger partial charge in [-0.3, -0.25) is 4.79 Å². The average Bonchev–Trinajstić information content (AvgIpc) is 3.56. The molecule has 4 rings (SSSR count). The summed E-state index contributed by atoms with van der Waals surface area (Å²) in [4.78, 5) is 15.3. The van der Waals surface area contributed by atoms with Crippen LogP contribution in [0.15, 0.2) is 66.7 Å². The summed E-state index contributed by atoms with van der Waals surface area (Å²) in [6.45, 7) is 2.72. The van der Waals surface area contributed by atoms with Crippen LogP contribution in [0, 0.1) is 0 Å². The zero-order chi connectivity index (χ0) is 18.8. The number of ether oxygens (including phenoxy) is 1. The molecule has 3 aromatic carbocycles. The van der Waals surface area contributed by atoms with Gasteiger partial charge < -0.3 is 9.64 Å². The van der Waals surface area contributed by atoms with Gasteiger partial charge in [0.25, 0.3) is 0 Å². The zero-order valence-corrected chi connectivity index (χ0v) is 15.9. The summed E-state index contributed by atoms with van der Waals surface area (Å²) >= 11 is 0. The van der Waals surface area contributed by atoms with Crippen molar-refractivity contribution in [3.05, 3.63) is 77.9 Å². The van der Waals surface area contributed by atoms with Gasteiger partial charge in [-0.15, -0.1) is 0 Å². The number of amides is 1. The van der Waals surface area contributed by atoms with Crippen molar-refractivity contribution in [3.63, 3.8) is 0 Å². The Morgan fingerprint density at radius 3 is 2.44 bits per heavy atom. The van der Waals surface area contributed by atoms with Gasteiger partial charge in [-0.1, -0.05) is 54.6 Å². The molecule has 1 aliphatic rings. The molecule has 3 nitrogen and oxygen atoms in total. The van der Waals surface area contributed by atoms with E-state index >= 15 is 0 Å². The zero-order valence-electron chi connectivity index (χ0n) is 15.9. The van der Waals surface area contributed by atoms with Gasteiger partial charge in [0.2, 0.25) is 5.91 Å². The lowest BCUT2D eigenvalue weighted by molar-refractivity contribution is -0.133. The first-order valence-corrected chi connectivity index (χ1v) is 9.58. The fourth-order valence-electron chi connectivity index (χ4n) is 3.58. The molecule has 0 aliphatic heterocycles. The minimum absolute atomic E-state index is 0.152. The van der Waals surface area contributed by atoms with Gasteiger partial charge >= 0.3 is 0 Å². The molecule has 3 aromatic rings. The second-order valence-corrected chi connectivity index (χ2v) is 7.38. The van der Waals surface area contributed by atoms with E-state index < -0.39 is 0 Å². The third kappa shape index (κ3) is 3.82. The predicted octanol–water partition coefficient (Wildman–Crippen LogP) is 5.14. The second-order valence-electron chi connectivity index (χ2n) is 7.38. The predicted molar refractivity (Wildman–Crippen MR) is 109 cm³/mol. The summed E-state index contributed by atoms with van der Waals surface area (Å²) < 4.78 is 5.30. The number of carbonyl (C=O) groups excluding carboxylic acids is 1. The van der Waals surface area contributed by atoms with Crippen LogP contribution in [0.1, 0.15) is 36.8 Å². The molecule has 1 aliphatic carbocycles. The molecule has 0 bridgehead atoms. The van der Waals surface area contributed by atoms with Gasteiger partial charge in [-0.2, -0.15) is 0 Å². The highest BCUT2D eigenvalue weighted by Gasteiger charge is 2.34. The summed E-state index contributed by atoms with van der Waals surface area (Å²) in [5.74, 6) is 0.914. The van der Waals surface area contributed by atoms with E-state index in [1.54, 1.807) is 7.11 Å². The lowest BCUT2D eigenvalue weighted by Crippen LogP contribution is -2.35. The van der Waals surface area contributed by atoms with Crippen molar-refractivity contribution in [1.29, 1.82) is 0 Å². The number of carbonyl (C=O) groups is 1. The first-order chi connectivity index (χ1) is 13.2. The van der Waals surface area contributed by atoms with Crippen molar-refractivity contribution in [3.8, 4) is 5.75 Å². The molecule has 1 saturated carbocycles. The third-order valence-corrected chi connectivity index (χ3v) is 5.41. The summed E-state index contributed by atoms with van der Waals surface area (Å²) in [5.41, 5.74) is 2.26. The molecule has 0 spiro atoms. The van der Waals surface area contributed by atoms with Gasteiger partial charge in [0.1, 0.15) is 5.75 Å². The Hall–Kier alpha value is -2.81. The van der Waals surface area contributed by atoms with Crippen molar-refractivity contribution in [2.75, 3.05) is 7.11 Å². The third-order valence-electron chi connectivity index (χ3n) is 5.41. The lowest BCUT2D eigenvalue weighted by Gasteiger charge is -2.26. The molecule has 0 unspecified atom stereocenters. The number of hydrogen-bond donors (Lipinski definition) is 0. The van der Waals surface area contributed by atoms with Crippen LogP contribution in [-0.2, 0) is 11.3 Å². The van der Waals surface area contributed by atoms with Gasteiger partial charge in [0.15, 0.2) is 0 Å². The maximum absolute atomic E-state index is 13.3. The topological polar surface area (TPSA) is 29.5 Å². The first kappa shape index (κ1) is 17.6. The van der Waals surface area contributed by atoms with Crippen LogP contribution in [0.5, 0.6) is 5.75 Å². The Morgan fingerprint density at radius 1 is 1.04 bits per heavy atom. The van der Waals surface area contributed by atoms with Crippen molar-refractivity contribution in [2.24, 2.45) is 0 Å². The number of methoxy groups -OCH3 is 1. The Labute approximate surface area is 160 Å². The highest BCUT2D eigenvalue weighted by atomic mass is 16.5. The molecular formula is C24H25NO2. The highest BCUT2D eigenvalue weighted by molar-refractivity contribution is 5.88. The number of benzene rings is 3. The Bertz CT molecular complexity index is 947. The Kier molecular flexibility index (Phi) is 4.85. The molecule has 0 saturated heterocycles. The molecule has 138 valence electrons. The van der Waals surface area contributed by atoms with Crippen molar-refractivity contribution < 1.29 is 9.53 Å². The molecule has 27 heavy (non-hydrogen) atoms. The lowest BCUT2D eigenvalue weighted by atomic mass is 9.96. The summed E-state index contributed by atoms with van der Waals surface area (Å²) in [7, 11) is 1.68. The Morgan fingerprint density at radius 2 is 1.74 bits per heavy atom. The van der Waals surface area contributed by atoms with Crippen LogP contribution in [0.3, 0.4) is 0 Å². The van der Waals surface area contributed by atoms with Crippen LogP contribution in [-0.4, -0.2) is 24.0 Å². The molecule has 3 heteroatoms. The van der Waals surface area contributed by atoms with Crippen LogP contribution in [0.4, 0.5) is 0 Å². The van der Waals surface area contributed by atoms with E-state index in [2.05, 4.69) is 41.3 Å². The van der Waals surface area contributed by atoms with Crippen molar-refractivity contribution in [1.82, 2.24) is 4.90 Å². The van der Waals surface area contributed by atoms with Gasteiger partial charge in [-0.25, -0.2) is 0 Å². The second kappa shape index (κ2) is 7.43. The minimum Gasteiger partial charge on any atom is -0.497 e. The monoisotopic (exact) mass is 359 g/mol. The van der Waals surface area contributed by atoms with E-state index in [0.717, 1.165) is 34.9 Å². The smallest absolute Gasteiger partial charge is 0.230 e. The van der Waals surface area contributed by atoms with E-state index in [9.17, 15) is 4.79 Å². The summed E-state index contributed by atoms with van der Waals surface area (Å²) in [5, 5.41) is 2.26. The number of nitrogens with zero attached hydrogens (tertiary/aromatic N) is 1. The highest BCUT2D eigenvalue weighted by Crippen LogP contribution is 2.32. The van der Waals surface area contributed by atoms with Gasteiger partial charge in [-0.05, 0) is 53.8 Å². The van der Waals surface area contributed by atoms with Crippen molar-refractivity contribution in [2.45, 2.75) is 38.3 Å². The number of fused-ring (bicyclic) bond motifs is 1. The van der Waals surface area contributed by atoms with E-state index in [4.69, 9.17) is 4.74 Å². The average molecular weight is 359 g/mol. The summed E-state index contributed by atoms with van der Waals surface area (Å²) in [6.07, 6.45) is 2.23. The first-order valence-electron chi connectivity index (χ1n) is 9.58. The SMILES string of the molecule is COc1ccc2cc([C@H](C)C(=O)N(Cc3ccccc3)C3CC3)ccc2c1. The molecule has 1 fully saturated rings. The molecule has 0 aromatic heterocycles. The normalized spacial score (nSPS) is 14.7. The van der Waals surface area contributed by atoms with E-state index in [-0.39, 0.29) is 11.8 Å². The Balaban J connectivity index is 1.57. The molecule has 0 heterocycles. The van der Waals surface area contributed by atoms with Crippen LogP contribution in [0.25, 0.3) is 10.8 Å². The maximum Gasteiger partial charge on any atom is 0.230 e. The minimum atomic E-state index is -0.152. The molecule has 1 atom stereocenters. The number of rotatable bonds is 6. The standard InChI is InChI=1S/C24H25NO2/c1-17(19-8-9-21-15-23(27-2)13-10-20(21)14-19)24(26)25(22-11-12-22)16-18-6-4-3-5-7-18/h3-10,13-15,17,22H,11-12,16H2,1-2H3/t17-/m0/s1. The molecular weight excluding hydrogens is 334 g/mol. The van der Waals surface area contributed by atoms with Crippen LogP contribution < -0.4 is 4.74 Å². The fraction of sp³-hybridized carbons (Fsp3) is 0.292. The molecule has 1 amide bonds. The van der Waals surface area contributed by atoms with Crippen molar-refractivity contribution >= 4 is 16.7 Å². The summed E-state index contributed by atoms with van der Waals surface area (Å²) in [6, 6.07) is 23.0. The number of hydrogen-bond acceptors (Lipinski definition) is 2. The maximum atomic E-state index is 13.3. The largest absolute Gasteiger partial charge is 0.497 e. The quantitative estimate of drug-likeness (QED) is 0.610. The van der Waals surface area contributed by atoms with E-state index in [0.29, 0.717) is 12.6 Å². The fourth-order valence-corrected chi connectivity index (χ4v) is 3.58. The van der Waals surface area contributed by atoms with E-state index in [1.165, 1.54) is 5.56 Å². The molecule has 0 N–H and O–H groups in total. The molecule has 0 radical (unpaired) electrons. The van der Waals surface area contributed by atoms with Gasteiger partial charge in [0.05, 0.1) is 13.0 Å². The van der Waals surface area contributed by atoms with Crippen LogP contribution in [0.2, 0.25) is 0 Å². The van der Waals surface area contributed by atoms with E-state index in [1.807, 2.05) is 37.3 Å².